The minimum Gasteiger partial charge on any atom is -0.445 e. The van der Waals surface area contributed by atoms with Crippen molar-refractivity contribution in [3.63, 3.8) is 0 Å². The Kier molecular flexibility index (Phi) is 9.98. The molecule has 0 aliphatic carbocycles. The highest BCUT2D eigenvalue weighted by atomic mass is 35.5. The average molecular weight is 585 g/mol. The van der Waals surface area contributed by atoms with Crippen LogP contribution in [-0.2, 0) is 17.9 Å². The number of carbonyl (C=O) groups is 1. The number of benzene rings is 3. The summed E-state index contributed by atoms with van der Waals surface area (Å²) in [6.07, 6.45) is 6.33. The number of amides is 1. The normalized spacial score (nSPS) is 15.0. The summed E-state index contributed by atoms with van der Waals surface area (Å²) in [5.41, 5.74) is 6.99. The molecule has 1 aliphatic heterocycles. The molecule has 1 aromatic heterocycles. The van der Waals surface area contributed by atoms with Gasteiger partial charge in [0.25, 0.3) is 0 Å². The van der Waals surface area contributed by atoms with E-state index in [9.17, 15) is 4.79 Å². The number of imidazole rings is 1. The quantitative estimate of drug-likeness (QED) is 0.169. The fourth-order valence-corrected chi connectivity index (χ4v) is 6.13. The Morgan fingerprint density at radius 1 is 1.10 bits per heavy atom. The molecule has 0 radical (unpaired) electrons. The van der Waals surface area contributed by atoms with Crippen LogP contribution in [0.15, 0.2) is 85.7 Å². The minimum atomic E-state index is -0.267. The van der Waals surface area contributed by atoms with Gasteiger partial charge < -0.3 is 19.1 Å². The number of carbonyl (C=O) groups excluding carboxylic acids is 1. The third kappa shape index (κ3) is 7.42. The molecule has 0 bridgehead atoms. The molecular formula is C35H41ClN4O2. The average Bonchev–Trinajstić information content (AvgIpc) is 3.38. The highest BCUT2D eigenvalue weighted by Gasteiger charge is 2.29. The summed E-state index contributed by atoms with van der Waals surface area (Å²) < 4.78 is 7.95. The zero-order valence-electron chi connectivity index (χ0n) is 24.7. The maximum Gasteiger partial charge on any atom is 0.410 e. The van der Waals surface area contributed by atoms with Gasteiger partial charge in [-0.25, -0.2) is 9.78 Å². The van der Waals surface area contributed by atoms with Crippen molar-refractivity contribution >= 4 is 28.7 Å². The standard InChI is InChI=1S/C35H41ClN4O2/c1-4-16-40(35(41)42-24-28-9-6-5-7-10-28)32-14-18-38(19-15-32)17-13-30(29-11-8-12-31(36)22-29)23-39-25-37-33-20-26(2)27(3)21-34(33)39/h4-12,20-22,25,30,32H,1,13-19,23-24H2,2-3H3. The highest BCUT2D eigenvalue weighted by molar-refractivity contribution is 6.30. The largest absolute Gasteiger partial charge is 0.445 e. The van der Waals surface area contributed by atoms with Crippen molar-refractivity contribution in [1.29, 1.82) is 0 Å². The molecular weight excluding hydrogens is 544 g/mol. The maximum atomic E-state index is 13.0. The predicted octanol–water partition coefficient (Wildman–Crippen LogP) is 7.77. The van der Waals surface area contributed by atoms with Crippen molar-refractivity contribution in [1.82, 2.24) is 19.4 Å². The van der Waals surface area contributed by atoms with Gasteiger partial charge in [-0.15, -0.1) is 6.58 Å². The molecule has 1 saturated heterocycles. The van der Waals surface area contributed by atoms with E-state index in [0.717, 1.165) is 61.5 Å². The SMILES string of the molecule is C=CCN(C(=O)OCc1ccccc1)C1CCN(CCC(Cn2cnc3cc(C)c(C)cc32)c2cccc(Cl)c2)CC1. The Hall–Kier alpha value is -3.61. The van der Waals surface area contributed by atoms with Gasteiger partial charge in [-0.05, 0) is 86.2 Å². The molecule has 4 aromatic rings. The number of fused-ring (bicyclic) bond motifs is 1. The molecule has 1 amide bonds. The lowest BCUT2D eigenvalue weighted by atomic mass is 9.94. The summed E-state index contributed by atoms with van der Waals surface area (Å²) in [6.45, 7) is 12.7. The molecule has 42 heavy (non-hydrogen) atoms. The lowest BCUT2D eigenvalue weighted by Gasteiger charge is -2.38. The van der Waals surface area contributed by atoms with Crippen LogP contribution in [0, 0.1) is 13.8 Å². The number of hydrogen-bond acceptors (Lipinski definition) is 4. The Balaban J connectivity index is 1.21. The molecule has 5 rings (SSSR count). The third-order valence-corrected chi connectivity index (χ3v) is 8.77. The first-order chi connectivity index (χ1) is 20.4. The number of nitrogens with zero attached hydrogens (tertiary/aromatic N) is 4. The molecule has 0 N–H and O–H groups in total. The van der Waals surface area contributed by atoms with Crippen LogP contribution < -0.4 is 0 Å². The fraction of sp³-hybridized carbons (Fsp3) is 0.371. The van der Waals surface area contributed by atoms with Gasteiger partial charge in [0.05, 0.1) is 17.4 Å². The van der Waals surface area contributed by atoms with Crippen LogP contribution in [0.1, 0.15) is 47.4 Å². The lowest BCUT2D eigenvalue weighted by Crippen LogP contribution is -2.47. The van der Waals surface area contributed by atoms with Gasteiger partial charge in [-0.2, -0.15) is 0 Å². The van der Waals surface area contributed by atoms with Crippen LogP contribution in [-0.4, -0.2) is 57.7 Å². The summed E-state index contributed by atoms with van der Waals surface area (Å²) in [7, 11) is 0. The number of ether oxygens (including phenoxy) is 1. The van der Waals surface area contributed by atoms with E-state index in [-0.39, 0.29) is 18.7 Å². The zero-order valence-corrected chi connectivity index (χ0v) is 25.5. The van der Waals surface area contributed by atoms with Crippen LogP contribution in [0.2, 0.25) is 5.02 Å². The van der Waals surface area contributed by atoms with Crippen molar-refractivity contribution in [2.45, 2.75) is 58.2 Å². The van der Waals surface area contributed by atoms with Crippen LogP contribution in [0.25, 0.3) is 11.0 Å². The Morgan fingerprint density at radius 2 is 1.86 bits per heavy atom. The molecule has 0 saturated carbocycles. The first-order valence-corrected chi connectivity index (χ1v) is 15.3. The van der Waals surface area contributed by atoms with Crippen molar-refractivity contribution in [3.05, 3.63) is 113 Å². The van der Waals surface area contributed by atoms with E-state index in [1.165, 1.54) is 22.2 Å². The van der Waals surface area contributed by atoms with Gasteiger partial charge in [0.15, 0.2) is 0 Å². The first kappa shape index (κ1) is 29.9. The Bertz CT molecular complexity index is 1490. The van der Waals surface area contributed by atoms with E-state index in [0.29, 0.717) is 12.5 Å². The second kappa shape index (κ2) is 14.0. The maximum absolute atomic E-state index is 13.0. The first-order valence-electron chi connectivity index (χ1n) is 14.9. The molecule has 7 heteroatoms. The predicted molar refractivity (Wildman–Crippen MR) is 171 cm³/mol. The topological polar surface area (TPSA) is 50.6 Å². The summed E-state index contributed by atoms with van der Waals surface area (Å²) in [4.78, 5) is 22.1. The molecule has 220 valence electrons. The number of aromatic nitrogens is 2. The van der Waals surface area contributed by atoms with E-state index in [1.807, 2.05) is 53.7 Å². The molecule has 6 nitrogen and oxygen atoms in total. The molecule has 1 aliphatic rings. The van der Waals surface area contributed by atoms with Gasteiger partial charge in [-0.3, -0.25) is 0 Å². The van der Waals surface area contributed by atoms with Crippen molar-refractivity contribution in [2.75, 3.05) is 26.2 Å². The molecule has 1 unspecified atom stereocenters. The fourth-order valence-electron chi connectivity index (χ4n) is 5.93. The second-order valence-electron chi connectivity index (χ2n) is 11.4. The van der Waals surface area contributed by atoms with E-state index in [2.05, 4.69) is 54.2 Å². The molecule has 0 spiro atoms. The van der Waals surface area contributed by atoms with Crippen LogP contribution in [0.5, 0.6) is 0 Å². The minimum absolute atomic E-state index is 0.148. The second-order valence-corrected chi connectivity index (χ2v) is 11.9. The van der Waals surface area contributed by atoms with Crippen LogP contribution >= 0.6 is 11.6 Å². The number of aryl methyl sites for hydroxylation is 2. The number of rotatable bonds is 11. The number of likely N-dealkylation sites (tertiary alicyclic amines) is 1. The smallest absolute Gasteiger partial charge is 0.410 e. The van der Waals surface area contributed by atoms with Crippen molar-refractivity contribution in [3.8, 4) is 0 Å². The van der Waals surface area contributed by atoms with Gasteiger partial charge in [0, 0.05) is 43.2 Å². The molecule has 2 heterocycles. The van der Waals surface area contributed by atoms with Crippen LogP contribution in [0.3, 0.4) is 0 Å². The summed E-state index contributed by atoms with van der Waals surface area (Å²) >= 11 is 6.43. The summed E-state index contributed by atoms with van der Waals surface area (Å²) in [5, 5.41) is 0.765. The number of halogens is 1. The summed E-state index contributed by atoms with van der Waals surface area (Å²) in [5.74, 6) is 0.297. The van der Waals surface area contributed by atoms with E-state index in [4.69, 9.17) is 21.3 Å². The summed E-state index contributed by atoms with van der Waals surface area (Å²) in [6, 6.07) is 22.6. The highest BCUT2D eigenvalue weighted by Crippen LogP contribution is 2.28. The lowest BCUT2D eigenvalue weighted by molar-refractivity contribution is 0.0654. The van der Waals surface area contributed by atoms with Crippen molar-refractivity contribution < 1.29 is 9.53 Å². The zero-order chi connectivity index (χ0) is 29.5. The monoisotopic (exact) mass is 584 g/mol. The van der Waals surface area contributed by atoms with Crippen molar-refractivity contribution in [2.24, 2.45) is 0 Å². The van der Waals surface area contributed by atoms with Gasteiger partial charge in [0.1, 0.15) is 6.61 Å². The van der Waals surface area contributed by atoms with Gasteiger partial charge in [-0.1, -0.05) is 60.1 Å². The van der Waals surface area contributed by atoms with Gasteiger partial charge in [0.2, 0.25) is 0 Å². The molecule has 1 atom stereocenters. The number of hydrogen-bond donors (Lipinski definition) is 0. The van der Waals surface area contributed by atoms with Gasteiger partial charge >= 0.3 is 6.09 Å². The Morgan fingerprint density at radius 3 is 2.60 bits per heavy atom. The van der Waals surface area contributed by atoms with E-state index >= 15 is 0 Å². The van der Waals surface area contributed by atoms with E-state index in [1.54, 1.807) is 6.08 Å². The Labute approximate surface area is 254 Å². The molecule has 3 aromatic carbocycles. The third-order valence-electron chi connectivity index (χ3n) is 8.53. The number of piperidine rings is 1. The molecule has 1 fully saturated rings. The van der Waals surface area contributed by atoms with E-state index < -0.39 is 0 Å². The van der Waals surface area contributed by atoms with Crippen LogP contribution in [0.4, 0.5) is 4.79 Å².